The number of amides is 1. The van der Waals surface area contributed by atoms with Gasteiger partial charge in [0.25, 0.3) is 0 Å². The molecular weight excluding hydrogens is 296 g/mol. The van der Waals surface area contributed by atoms with Crippen LogP contribution in [0.15, 0.2) is 30.3 Å². The van der Waals surface area contributed by atoms with Crippen LogP contribution in [0.25, 0.3) is 0 Å². The van der Waals surface area contributed by atoms with Gasteiger partial charge in [0.1, 0.15) is 5.01 Å². The maximum Gasteiger partial charge on any atom is 0.230 e. The zero-order chi connectivity index (χ0) is 15.2. The van der Waals surface area contributed by atoms with Gasteiger partial charge in [-0.1, -0.05) is 48.1 Å². The molecule has 0 aliphatic carbocycles. The second-order valence-corrected chi connectivity index (χ2v) is 6.61. The fourth-order valence-corrected chi connectivity index (χ4v) is 3.42. The predicted octanol–water partition coefficient (Wildman–Crippen LogP) is 2.71. The number of benzene rings is 1. The van der Waals surface area contributed by atoms with E-state index in [0.29, 0.717) is 11.6 Å². The third-order valence-electron chi connectivity index (χ3n) is 3.73. The Morgan fingerprint density at radius 3 is 2.68 bits per heavy atom. The van der Waals surface area contributed by atoms with Crippen LogP contribution in [0.3, 0.4) is 0 Å². The van der Waals surface area contributed by atoms with Crippen molar-refractivity contribution in [2.75, 3.05) is 18.4 Å². The van der Waals surface area contributed by atoms with Crippen molar-refractivity contribution in [1.82, 2.24) is 15.1 Å². The number of carbonyl (C=O) groups excluding carboxylic acids is 1. The molecule has 1 aromatic carbocycles. The molecule has 6 heteroatoms. The van der Waals surface area contributed by atoms with Crippen LogP contribution < -0.4 is 5.32 Å². The fraction of sp³-hybridized carbons (Fsp3) is 0.438. The molecule has 1 aliphatic rings. The maximum absolute atomic E-state index is 12.0. The molecule has 116 valence electrons. The van der Waals surface area contributed by atoms with E-state index in [1.165, 1.54) is 30.6 Å². The molecule has 1 aliphatic heterocycles. The summed E-state index contributed by atoms with van der Waals surface area (Å²) in [5.41, 5.74) is 0.998. The van der Waals surface area contributed by atoms with Crippen molar-refractivity contribution in [2.24, 2.45) is 0 Å². The molecule has 0 bridgehead atoms. The highest BCUT2D eigenvalue weighted by atomic mass is 32.1. The summed E-state index contributed by atoms with van der Waals surface area (Å²) in [6.07, 6.45) is 4.22. The second-order valence-electron chi connectivity index (χ2n) is 5.55. The molecule has 1 aromatic heterocycles. The number of carbonyl (C=O) groups is 1. The summed E-state index contributed by atoms with van der Waals surface area (Å²) in [4.78, 5) is 14.4. The van der Waals surface area contributed by atoms with Crippen LogP contribution >= 0.6 is 11.3 Å². The molecule has 22 heavy (non-hydrogen) atoms. The molecule has 3 rings (SSSR count). The lowest BCUT2D eigenvalue weighted by Gasteiger charge is -2.24. The van der Waals surface area contributed by atoms with E-state index in [1.807, 2.05) is 30.3 Å². The SMILES string of the molecule is O=C(Cc1ccccc1)Nc1nnc(CN2CCCCC2)s1. The van der Waals surface area contributed by atoms with Crippen molar-refractivity contribution in [3.05, 3.63) is 40.9 Å². The molecule has 0 spiro atoms. The minimum Gasteiger partial charge on any atom is -0.300 e. The third-order valence-corrected chi connectivity index (χ3v) is 4.55. The van der Waals surface area contributed by atoms with E-state index in [1.54, 1.807) is 0 Å². The van der Waals surface area contributed by atoms with Gasteiger partial charge < -0.3 is 5.32 Å². The van der Waals surface area contributed by atoms with Crippen LogP contribution in [-0.2, 0) is 17.8 Å². The van der Waals surface area contributed by atoms with Crippen LogP contribution in [0.1, 0.15) is 29.8 Å². The molecule has 0 atom stereocenters. The van der Waals surface area contributed by atoms with Crippen LogP contribution in [0.2, 0.25) is 0 Å². The van der Waals surface area contributed by atoms with Gasteiger partial charge in [-0.05, 0) is 31.5 Å². The number of rotatable bonds is 5. The molecule has 2 heterocycles. The highest BCUT2D eigenvalue weighted by molar-refractivity contribution is 7.15. The van der Waals surface area contributed by atoms with Gasteiger partial charge in [0.15, 0.2) is 0 Å². The molecule has 1 amide bonds. The van der Waals surface area contributed by atoms with Crippen LogP contribution in [0, 0.1) is 0 Å². The Morgan fingerprint density at radius 2 is 1.91 bits per heavy atom. The minimum absolute atomic E-state index is 0.0492. The summed E-state index contributed by atoms with van der Waals surface area (Å²) in [7, 11) is 0. The lowest BCUT2D eigenvalue weighted by molar-refractivity contribution is -0.115. The number of hydrogen-bond acceptors (Lipinski definition) is 5. The van der Waals surface area contributed by atoms with Crippen LogP contribution in [0.4, 0.5) is 5.13 Å². The molecule has 0 radical (unpaired) electrons. The van der Waals surface area contributed by atoms with E-state index in [9.17, 15) is 4.79 Å². The minimum atomic E-state index is -0.0492. The molecule has 2 aromatic rings. The predicted molar refractivity (Wildman–Crippen MR) is 87.8 cm³/mol. The second kappa shape index (κ2) is 7.47. The first-order chi connectivity index (χ1) is 10.8. The average molecular weight is 316 g/mol. The van der Waals surface area contributed by atoms with E-state index in [4.69, 9.17) is 0 Å². The molecule has 1 saturated heterocycles. The summed E-state index contributed by atoms with van der Waals surface area (Å²) in [6.45, 7) is 3.11. The number of piperidine rings is 1. The number of likely N-dealkylation sites (tertiary alicyclic amines) is 1. The van der Waals surface area contributed by atoms with Gasteiger partial charge in [-0.15, -0.1) is 10.2 Å². The molecule has 0 saturated carbocycles. The highest BCUT2D eigenvalue weighted by Crippen LogP contribution is 2.19. The topological polar surface area (TPSA) is 58.1 Å². The van der Waals surface area contributed by atoms with E-state index >= 15 is 0 Å². The first-order valence-electron chi connectivity index (χ1n) is 7.68. The maximum atomic E-state index is 12.0. The van der Waals surface area contributed by atoms with Crippen molar-refractivity contribution >= 4 is 22.4 Å². The van der Waals surface area contributed by atoms with Gasteiger partial charge in [-0.3, -0.25) is 9.69 Å². The number of anilines is 1. The molecule has 5 nitrogen and oxygen atoms in total. The van der Waals surface area contributed by atoms with E-state index in [-0.39, 0.29) is 5.91 Å². The Labute approximate surface area is 134 Å². The van der Waals surface area contributed by atoms with Gasteiger partial charge in [0.2, 0.25) is 11.0 Å². The van der Waals surface area contributed by atoms with Crippen molar-refractivity contribution < 1.29 is 4.79 Å². The molecule has 1 N–H and O–H groups in total. The fourth-order valence-electron chi connectivity index (χ4n) is 2.62. The molecular formula is C16H20N4OS. The standard InChI is InChI=1S/C16H20N4OS/c21-14(11-13-7-3-1-4-8-13)17-16-19-18-15(22-16)12-20-9-5-2-6-10-20/h1,3-4,7-8H,2,5-6,9-12H2,(H,17,19,21). The van der Waals surface area contributed by atoms with Gasteiger partial charge in [0, 0.05) is 0 Å². The summed E-state index contributed by atoms with van der Waals surface area (Å²) in [5.74, 6) is -0.0492. The van der Waals surface area contributed by atoms with Crippen molar-refractivity contribution in [3.63, 3.8) is 0 Å². The smallest absolute Gasteiger partial charge is 0.230 e. The van der Waals surface area contributed by atoms with Gasteiger partial charge in [0.05, 0.1) is 13.0 Å². The third kappa shape index (κ3) is 4.35. The summed E-state index contributed by atoms with van der Waals surface area (Å²) in [6, 6.07) is 9.70. The number of hydrogen-bond donors (Lipinski definition) is 1. The van der Waals surface area contributed by atoms with E-state index in [0.717, 1.165) is 30.2 Å². The monoisotopic (exact) mass is 316 g/mol. The molecule has 0 unspecified atom stereocenters. The van der Waals surface area contributed by atoms with Crippen molar-refractivity contribution in [1.29, 1.82) is 0 Å². The Morgan fingerprint density at radius 1 is 1.14 bits per heavy atom. The highest BCUT2D eigenvalue weighted by Gasteiger charge is 2.14. The van der Waals surface area contributed by atoms with Crippen LogP contribution in [0.5, 0.6) is 0 Å². The summed E-state index contributed by atoms with van der Waals surface area (Å²) >= 11 is 1.47. The lowest BCUT2D eigenvalue weighted by Crippen LogP contribution is -2.28. The van der Waals surface area contributed by atoms with E-state index in [2.05, 4.69) is 20.4 Å². The van der Waals surface area contributed by atoms with Gasteiger partial charge in [-0.25, -0.2) is 0 Å². The normalized spacial score (nSPS) is 15.6. The zero-order valence-corrected chi connectivity index (χ0v) is 13.3. The van der Waals surface area contributed by atoms with Crippen molar-refractivity contribution in [3.8, 4) is 0 Å². The Kier molecular flexibility index (Phi) is 5.13. The summed E-state index contributed by atoms with van der Waals surface area (Å²) < 4.78 is 0. The average Bonchev–Trinajstić information content (AvgIpc) is 2.96. The first-order valence-corrected chi connectivity index (χ1v) is 8.50. The zero-order valence-electron chi connectivity index (χ0n) is 12.5. The molecule has 1 fully saturated rings. The number of nitrogens with zero attached hydrogens (tertiary/aromatic N) is 3. The largest absolute Gasteiger partial charge is 0.300 e. The number of nitrogens with one attached hydrogen (secondary N) is 1. The van der Waals surface area contributed by atoms with Gasteiger partial charge >= 0.3 is 0 Å². The van der Waals surface area contributed by atoms with Crippen LogP contribution in [-0.4, -0.2) is 34.1 Å². The lowest BCUT2D eigenvalue weighted by atomic mass is 10.1. The van der Waals surface area contributed by atoms with Gasteiger partial charge in [-0.2, -0.15) is 0 Å². The summed E-state index contributed by atoms with van der Waals surface area (Å²) in [5, 5.41) is 12.7. The number of aromatic nitrogens is 2. The van der Waals surface area contributed by atoms with Crippen molar-refractivity contribution in [2.45, 2.75) is 32.2 Å². The Hall–Kier alpha value is -1.79. The Bertz CT molecular complexity index is 608. The first kappa shape index (κ1) is 15.1. The Balaban J connectivity index is 1.51. The van der Waals surface area contributed by atoms with E-state index < -0.39 is 0 Å². The quantitative estimate of drug-likeness (QED) is 0.921.